The number of fused-ring (bicyclic) bond motifs is 1. The van der Waals surface area contributed by atoms with Gasteiger partial charge in [-0.1, -0.05) is 6.07 Å². The number of rotatable bonds is 5. The van der Waals surface area contributed by atoms with Gasteiger partial charge in [0.25, 0.3) is 0 Å². The zero-order valence-corrected chi connectivity index (χ0v) is 18.1. The molecule has 0 saturated carbocycles. The van der Waals surface area contributed by atoms with Crippen LogP contribution in [0.5, 0.6) is 5.75 Å². The molecule has 1 aromatic carbocycles. The second kappa shape index (κ2) is 8.54. The number of urea groups is 1. The van der Waals surface area contributed by atoms with Crippen LogP contribution in [-0.2, 0) is 14.9 Å². The van der Waals surface area contributed by atoms with Crippen molar-refractivity contribution in [1.82, 2.24) is 25.0 Å². The normalized spacial score (nSPS) is 22.9. The SMILES string of the molecule is COCC(=O)N1CCC2(c3n[nH]c(C)n3)CN(C(=O)Nc3cccc(OC)c3)CC2C1. The molecule has 10 heteroatoms. The van der Waals surface area contributed by atoms with E-state index < -0.39 is 0 Å². The topological polar surface area (TPSA) is 113 Å². The van der Waals surface area contributed by atoms with Crippen LogP contribution >= 0.6 is 0 Å². The van der Waals surface area contributed by atoms with Gasteiger partial charge in [0, 0.05) is 51.0 Å². The highest BCUT2D eigenvalue weighted by atomic mass is 16.5. The summed E-state index contributed by atoms with van der Waals surface area (Å²) in [6.45, 7) is 4.05. The number of aromatic amines is 1. The van der Waals surface area contributed by atoms with Gasteiger partial charge in [0.2, 0.25) is 5.91 Å². The third-order valence-electron chi connectivity index (χ3n) is 6.24. The van der Waals surface area contributed by atoms with Gasteiger partial charge in [0.1, 0.15) is 18.2 Å². The van der Waals surface area contributed by atoms with Crippen molar-refractivity contribution in [1.29, 1.82) is 0 Å². The highest BCUT2D eigenvalue weighted by Gasteiger charge is 2.54. The van der Waals surface area contributed by atoms with Gasteiger partial charge in [-0.3, -0.25) is 9.89 Å². The van der Waals surface area contributed by atoms with Crippen molar-refractivity contribution in [3.63, 3.8) is 0 Å². The lowest BCUT2D eigenvalue weighted by molar-refractivity contribution is -0.137. The Morgan fingerprint density at radius 3 is 2.81 bits per heavy atom. The average Bonchev–Trinajstić information content (AvgIpc) is 3.38. The minimum Gasteiger partial charge on any atom is -0.497 e. The zero-order valence-electron chi connectivity index (χ0n) is 18.1. The first-order valence-corrected chi connectivity index (χ1v) is 10.3. The second-order valence-electron chi connectivity index (χ2n) is 8.16. The van der Waals surface area contributed by atoms with Gasteiger partial charge in [-0.2, -0.15) is 5.10 Å². The molecule has 2 aliphatic heterocycles. The molecule has 0 bridgehead atoms. The van der Waals surface area contributed by atoms with Crippen LogP contribution in [0.3, 0.4) is 0 Å². The van der Waals surface area contributed by atoms with Crippen LogP contribution in [0.4, 0.5) is 10.5 Å². The number of aryl methyl sites for hydroxylation is 1. The lowest BCUT2D eigenvalue weighted by Crippen LogP contribution is -2.52. The maximum absolute atomic E-state index is 13.1. The quantitative estimate of drug-likeness (QED) is 0.745. The van der Waals surface area contributed by atoms with Crippen LogP contribution in [0, 0.1) is 12.8 Å². The van der Waals surface area contributed by atoms with Crippen molar-refractivity contribution in [2.45, 2.75) is 18.8 Å². The predicted molar refractivity (Wildman–Crippen MR) is 113 cm³/mol. The Kier molecular flexibility index (Phi) is 5.81. The molecule has 31 heavy (non-hydrogen) atoms. The molecule has 0 radical (unpaired) electrons. The highest BCUT2D eigenvalue weighted by molar-refractivity contribution is 5.90. The van der Waals surface area contributed by atoms with Crippen molar-refractivity contribution in [3.8, 4) is 5.75 Å². The Bertz CT molecular complexity index is 963. The number of hydrogen-bond acceptors (Lipinski definition) is 6. The molecule has 3 heterocycles. The third-order valence-corrected chi connectivity index (χ3v) is 6.24. The summed E-state index contributed by atoms with van der Waals surface area (Å²) in [4.78, 5) is 33.7. The number of anilines is 1. The monoisotopic (exact) mass is 428 g/mol. The van der Waals surface area contributed by atoms with Crippen molar-refractivity contribution < 1.29 is 19.1 Å². The van der Waals surface area contributed by atoms with Crippen molar-refractivity contribution >= 4 is 17.6 Å². The zero-order chi connectivity index (χ0) is 22.0. The van der Waals surface area contributed by atoms with E-state index in [-0.39, 0.29) is 29.9 Å². The molecule has 2 atom stereocenters. The molecule has 2 unspecified atom stereocenters. The Balaban J connectivity index is 1.55. The van der Waals surface area contributed by atoms with Gasteiger partial charge in [-0.25, -0.2) is 9.78 Å². The number of aromatic nitrogens is 3. The van der Waals surface area contributed by atoms with E-state index in [1.54, 1.807) is 18.1 Å². The number of hydrogen-bond donors (Lipinski definition) is 2. The summed E-state index contributed by atoms with van der Waals surface area (Å²) >= 11 is 0. The summed E-state index contributed by atoms with van der Waals surface area (Å²) in [5.41, 5.74) is 0.277. The van der Waals surface area contributed by atoms with E-state index in [0.717, 1.165) is 5.82 Å². The third kappa shape index (κ3) is 4.07. The number of likely N-dealkylation sites (tertiary alicyclic amines) is 2. The maximum Gasteiger partial charge on any atom is 0.321 e. The molecule has 4 rings (SSSR count). The van der Waals surface area contributed by atoms with Gasteiger partial charge in [-0.15, -0.1) is 0 Å². The van der Waals surface area contributed by atoms with Gasteiger partial charge >= 0.3 is 6.03 Å². The smallest absolute Gasteiger partial charge is 0.321 e. The van der Waals surface area contributed by atoms with Crippen LogP contribution in [0.15, 0.2) is 24.3 Å². The number of carbonyl (C=O) groups is 2. The number of methoxy groups -OCH3 is 2. The van der Waals surface area contributed by atoms with E-state index >= 15 is 0 Å². The molecular weight excluding hydrogens is 400 g/mol. The van der Waals surface area contributed by atoms with Gasteiger partial charge < -0.3 is 24.6 Å². The lowest BCUT2D eigenvalue weighted by Gasteiger charge is -2.41. The molecule has 166 valence electrons. The van der Waals surface area contributed by atoms with Crippen LogP contribution < -0.4 is 10.1 Å². The van der Waals surface area contributed by atoms with Gasteiger partial charge in [0.05, 0.1) is 12.5 Å². The van der Waals surface area contributed by atoms with Crippen LogP contribution in [0.1, 0.15) is 18.1 Å². The summed E-state index contributed by atoms with van der Waals surface area (Å²) in [6, 6.07) is 7.06. The van der Waals surface area contributed by atoms with E-state index in [1.807, 2.05) is 30.0 Å². The maximum atomic E-state index is 13.1. The molecule has 1 aromatic heterocycles. The fraction of sp³-hybridized carbons (Fsp3) is 0.524. The standard InChI is InChI=1S/C21H28N6O4/c1-14-22-19(25-24-14)21-7-8-26(18(28)12-30-2)10-15(21)11-27(13-21)20(29)23-16-5-4-6-17(9-16)31-3/h4-6,9,15H,7-8,10-13H2,1-3H3,(H,23,29)(H,22,24,25). The van der Waals surface area contributed by atoms with Gasteiger partial charge in [0.15, 0.2) is 5.82 Å². The van der Waals surface area contributed by atoms with Crippen LogP contribution in [0.25, 0.3) is 0 Å². The van der Waals surface area contributed by atoms with E-state index in [1.165, 1.54) is 7.11 Å². The fourth-order valence-corrected chi connectivity index (χ4v) is 4.61. The summed E-state index contributed by atoms with van der Waals surface area (Å²) in [5, 5.41) is 10.3. The van der Waals surface area contributed by atoms with Gasteiger partial charge in [-0.05, 0) is 25.5 Å². The fourth-order valence-electron chi connectivity index (χ4n) is 4.61. The number of H-pyrrole nitrogens is 1. The predicted octanol–water partition coefficient (Wildman–Crippen LogP) is 1.40. The molecule has 3 amide bonds. The number of benzene rings is 1. The van der Waals surface area contributed by atoms with E-state index in [9.17, 15) is 9.59 Å². The number of nitrogens with one attached hydrogen (secondary N) is 2. The first-order valence-electron chi connectivity index (χ1n) is 10.3. The molecule has 2 aromatic rings. The van der Waals surface area contributed by atoms with Crippen molar-refractivity contribution in [2.75, 3.05) is 52.3 Å². The van der Waals surface area contributed by atoms with E-state index in [2.05, 4.69) is 20.5 Å². The van der Waals surface area contributed by atoms with Crippen molar-refractivity contribution in [3.05, 3.63) is 35.9 Å². The number of nitrogens with zero attached hydrogens (tertiary/aromatic N) is 4. The van der Waals surface area contributed by atoms with Crippen molar-refractivity contribution in [2.24, 2.45) is 5.92 Å². The van der Waals surface area contributed by atoms with E-state index in [0.29, 0.717) is 49.9 Å². The molecule has 2 fully saturated rings. The highest BCUT2D eigenvalue weighted by Crippen LogP contribution is 2.44. The summed E-state index contributed by atoms with van der Waals surface area (Å²) in [5.74, 6) is 2.12. The number of amides is 3. The van der Waals surface area contributed by atoms with Crippen LogP contribution in [0.2, 0.25) is 0 Å². The summed E-state index contributed by atoms with van der Waals surface area (Å²) in [6.07, 6.45) is 0.688. The number of ether oxygens (including phenoxy) is 2. The number of piperidine rings is 1. The first kappa shape index (κ1) is 21.1. The Morgan fingerprint density at radius 2 is 2.10 bits per heavy atom. The molecule has 2 saturated heterocycles. The minimum atomic E-state index is -0.389. The molecule has 10 nitrogen and oxygen atoms in total. The minimum absolute atomic E-state index is 0.0355. The first-order chi connectivity index (χ1) is 14.9. The molecule has 2 aliphatic rings. The largest absolute Gasteiger partial charge is 0.497 e. The van der Waals surface area contributed by atoms with E-state index in [4.69, 9.17) is 9.47 Å². The second-order valence-corrected chi connectivity index (χ2v) is 8.16. The number of carbonyl (C=O) groups excluding carboxylic acids is 2. The Labute approximate surface area is 180 Å². The Morgan fingerprint density at radius 1 is 1.29 bits per heavy atom. The molecular formula is C21H28N6O4. The van der Waals surface area contributed by atoms with Crippen LogP contribution in [-0.4, -0.2) is 83.9 Å². The molecule has 2 N–H and O–H groups in total. The Hall–Kier alpha value is -3.14. The summed E-state index contributed by atoms with van der Waals surface area (Å²) in [7, 11) is 3.11. The average molecular weight is 428 g/mol. The summed E-state index contributed by atoms with van der Waals surface area (Å²) < 4.78 is 10.3. The lowest BCUT2D eigenvalue weighted by atomic mass is 9.72. The molecule has 0 aliphatic carbocycles. The molecule has 0 spiro atoms.